The molecule has 1 aromatic carbocycles. The van der Waals surface area contributed by atoms with Crippen molar-refractivity contribution in [2.45, 2.75) is 37.0 Å². The molecule has 2 heterocycles. The zero-order chi connectivity index (χ0) is 18.5. The van der Waals surface area contributed by atoms with E-state index in [1.807, 2.05) is 11.0 Å². The van der Waals surface area contributed by atoms with Gasteiger partial charge in [0.05, 0.1) is 10.3 Å². The first-order chi connectivity index (χ1) is 12.4. The lowest BCUT2D eigenvalue weighted by Crippen LogP contribution is -2.49. The Labute approximate surface area is 155 Å². The molecule has 1 aliphatic carbocycles. The van der Waals surface area contributed by atoms with Crippen molar-refractivity contribution in [3.05, 3.63) is 23.8 Å². The van der Waals surface area contributed by atoms with Gasteiger partial charge in [0.25, 0.3) is 0 Å². The van der Waals surface area contributed by atoms with Crippen LogP contribution in [0.5, 0.6) is 0 Å². The number of amides is 1. The van der Waals surface area contributed by atoms with E-state index < -0.39 is 10.0 Å². The van der Waals surface area contributed by atoms with Crippen molar-refractivity contribution in [2.75, 3.05) is 38.6 Å². The molecule has 1 N–H and O–H groups in total. The second-order valence-corrected chi connectivity index (χ2v) is 10.2. The van der Waals surface area contributed by atoms with Gasteiger partial charge in [0, 0.05) is 32.9 Å². The van der Waals surface area contributed by atoms with Crippen LogP contribution in [-0.4, -0.2) is 52.4 Å². The van der Waals surface area contributed by atoms with Gasteiger partial charge in [-0.05, 0) is 49.4 Å². The van der Waals surface area contributed by atoms with Crippen LogP contribution >= 0.6 is 0 Å². The second kappa shape index (κ2) is 6.32. The first-order valence-corrected chi connectivity index (χ1v) is 10.9. The Bertz CT molecular complexity index is 836. The number of carbonyl (C=O) groups excluding carboxylic acids is 1. The van der Waals surface area contributed by atoms with E-state index in [0.29, 0.717) is 12.5 Å². The molecule has 0 spiro atoms. The molecule has 1 amide bonds. The highest BCUT2D eigenvalue weighted by atomic mass is 32.2. The van der Waals surface area contributed by atoms with Crippen molar-refractivity contribution in [3.63, 3.8) is 0 Å². The molecular formula is C19H27N3O3S. The fraction of sp³-hybridized carbons (Fsp3) is 0.632. The van der Waals surface area contributed by atoms with Gasteiger partial charge in [0.2, 0.25) is 15.9 Å². The minimum Gasteiger partial charge on any atom is -0.315 e. The van der Waals surface area contributed by atoms with Crippen molar-refractivity contribution in [2.24, 2.45) is 11.3 Å². The smallest absolute Gasteiger partial charge is 0.242 e. The monoisotopic (exact) mass is 377 g/mol. The summed E-state index contributed by atoms with van der Waals surface area (Å²) in [6, 6.07) is 5.20. The highest BCUT2D eigenvalue weighted by Crippen LogP contribution is 2.46. The summed E-state index contributed by atoms with van der Waals surface area (Å²) < 4.78 is 26.2. The molecule has 0 bridgehead atoms. The van der Waals surface area contributed by atoms with E-state index in [1.165, 1.54) is 24.8 Å². The van der Waals surface area contributed by atoms with E-state index in [1.54, 1.807) is 12.1 Å². The minimum absolute atomic E-state index is 0.186. The van der Waals surface area contributed by atoms with Gasteiger partial charge in [-0.25, -0.2) is 12.7 Å². The molecule has 2 aliphatic heterocycles. The van der Waals surface area contributed by atoms with Crippen molar-refractivity contribution in [3.8, 4) is 0 Å². The molecule has 2 atom stereocenters. The average molecular weight is 378 g/mol. The summed E-state index contributed by atoms with van der Waals surface area (Å²) in [5.74, 6) is 0.590. The predicted octanol–water partition coefficient (Wildman–Crippen LogP) is 1.61. The van der Waals surface area contributed by atoms with E-state index >= 15 is 0 Å². The molecule has 0 aromatic heterocycles. The standard InChI is InChI=1S/C19H27N3O3S/c1-21(2)26(24,25)16-7-6-14-8-10-22(17(14)11-16)18(23)19-9-4-3-5-15(19)12-20-13-19/h6-7,11,15,20H,3-5,8-10,12-13H2,1-2H3/t15-,19+/m0/s1. The number of hydrogen-bond acceptors (Lipinski definition) is 4. The van der Waals surface area contributed by atoms with Gasteiger partial charge in [-0.1, -0.05) is 18.9 Å². The van der Waals surface area contributed by atoms with Crippen LogP contribution in [0.2, 0.25) is 0 Å². The number of benzene rings is 1. The van der Waals surface area contributed by atoms with E-state index in [-0.39, 0.29) is 16.2 Å². The molecule has 1 saturated heterocycles. The number of hydrogen-bond donors (Lipinski definition) is 1. The SMILES string of the molecule is CN(C)S(=O)(=O)c1ccc2c(c1)N(C(=O)[C@@]13CCCC[C@H]1CNC3)CC2. The second-order valence-electron chi connectivity index (χ2n) is 8.01. The van der Waals surface area contributed by atoms with Gasteiger partial charge in [0.15, 0.2) is 0 Å². The molecule has 0 radical (unpaired) electrons. The van der Waals surface area contributed by atoms with Gasteiger partial charge in [-0.15, -0.1) is 0 Å². The highest BCUT2D eigenvalue weighted by molar-refractivity contribution is 7.89. The number of sulfonamides is 1. The van der Waals surface area contributed by atoms with Crippen LogP contribution in [-0.2, 0) is 21.2 Å². The fourth-order valence-electron chi connectivity index (χ4n) is 4.88. The Balaban J connectivity index is 1.70. The predicted molar refractivity (Wildman–Crippen MR) is 101 cm³/mol. The average Bonchev–Trinajstić information content (AvgIpc) is 3.25. The lowest BCUT2D eigenvalue weighted by atomic mass is 9.67. The van der Waals surface area contributed by atoms with Gasteiger partial charge in [-0.3, -0.25) is 4.79 Å². The number of carbonyl (C=O) groups is 1. The maximum atomic E-state index is 13.6. The van der Waals surface area contributed by atoms with Gasteiger partial charge < -0.3 is 10.2 Å². The topological polar surface area (TPSA) is 69.7 Å². The minimum atomic E-state index is -3.51. The van der Waals surface area contributed by atoms with Gasteiger partial charge in [-0.2, -0.15) is 0 Å². The molecule has 3 aliphatic rings. The molecule has 0 unspecified atom stereocenters. The Morgan fingerprint density at radius 3 is 2.88 bits per heavy atom. The van der Waals surface area contributed by atoms with E-state index in [9.17, 15) is 13.2 Å². The van der Waals surface area contributed by atoms with Crippen LogP contribution in [0.15, 0.2) is 23.1 Å². The number of anilines is 1. The fourth-order valence-corrected chi connectivity index (χ4v) is 5.80. The largest absolute Gasteiger partial charge is 0.315 e. The maximum Gasteiger partial charge on any atom is 0.242 e. The summed E-state index contributed by atoms with van der Waals surface area (Å²) in [4.78, 5) is 15.7. The lowest BCUT2D eigenvalue weighted by Gasteiger charge is -2.40. The van der Waals surface area contributed by atoms with E-state index in [2.05, 4.69) is 5.32 Å². The van der Waals surface area contributed by atoms with Crippen molar-refractivity contribution < 1.29 is 13.2 Å². The zero-order valence-electron chi connectivity index (χ0n) is 15.5. The molecule has 6 nitrogen and oxygen atoms in total. The molecule has 4 rings (SSSR count). The number of rotatable bonds is 3. The highest BCUT2D eigenvalue weighted by Gasteiger charge is 2.52. The van der Waals surface area contributed by atoms with Gasteiger partial charge in [0.1, 0.15) is 0 Å². The Morgan fingerprint density at radius 1 is 1.31 bits per heavy atom. The first-order valence-electron chi connectivity index (χ1n) is 9.44. The summed E-state index contributed by atoms with van der Waals surface area (Å²) in [6.45, 7) is 2.31. The normalized spacial score (nSPS) is 28.3. The van der Waals surface area contributed by atoms with Crippen molar-refractivity contribution in [1.29, 1.82) is 0 Å². The molecular weight excluding hydrogens is 350 g/mol. The quantitative estimate of drug-likeness (QED) is 0.869. The van der Waals surface area contributed by atoms with Crippen LogP contribution in [0.3, 0.4) is 0 Å². The van der Waals surface area contributed by atoms with E-state index in [0.717, 1.165) is 50.0 Å². The van der Waals surface area contributed by atoms with Crippen LogP contribution in [0.4, 0.5) is 5.69 Å². The lowest BCUT2D eigenvalue weighted by molar-refractivity contribution is -0.131. The molecule has 26 heavy (non-hydrogen) atoms. The third-order valence-corrected chi connectivity index (χ3v) is 8.25. The number of nitrogens with zero attached hydrogens (tertiary/aromatic N) is 2. The summed E-state index contributed by atoms with van der Waals surface area (Å²) in [5.41, 5.74) is 1.53. The van der Waals surface area contributed by atoms with Crippen LogP contribution in [0.1, 0.15) is 31.2 Å². The van der Waals surface area contributed by atoms with Crippen molar-refractivity contribution in [1.82, 2.24) is 9.62 Å². The van der Waals surface area contributed by atoms with Crippen LogP contribution in [0, 0.1) is 11.3 Å². The molecule has 2 fully saturated rings. The van der Waals surface area contributed by atoms with Crippen LogP contribution < -0.4 is 10.2 Å². The maximum absolute atomic E-state index is 13.6. The molecule has 142 valence electrons. The van der Waals surface area contributed by atoms with E-state index in [4.69, 9.17) is 0 Å². The number of nitrogens with one attached hydrogen (secondary N) is 1. The van der Waals surface area contributed by atoms with Crippen LogP contribution in [0.25, 0.3) is 0 Å². The summed E-state index contributed by atoms with van der Waals surface area (Å²) >= 11 is 0. The Morgan fingerprint density at radius 2 is 2.12 bits per heavy atom. The summed E-state index contributed by atoms with van der Waals surface area (Å²) in [6.07, 6.45) is 5.12. The molecule has 1 saturated carbocycles. The molecule has 7 heteroatoms. The first kappa shape index (κ1) is 17.9. The third kappa shape index (κ3) is 2.60. The Kier molecular flexibility index (Phi) is 4.36. The summed E-state index contributed by atoms with van der Waals surface area (Å²) in [7, 11) is -0.451. The van der Waals surface area contributed by atoms with Gasteiger partial charge >= 0.3 is 0 Å². The summed E-state index contributed by atoms with van der Waals surface area (Å²) in [5, 5.41) is 3.43. The van der Waals surface area contributed by atoms with Crippen molar-refractivity contribution >= 4 is 21.6 Å². The number of fused-ring (bicyclic) bond motifs is 2. The zero-order valence-corrected chi connectivity index (χ0v) is 16.3. The molecule has 1 aromatic rings. The third-order valence-electron chi connectivity index (χ3n) is 6.44. The Hall–Kier alpha value is -1.44.